The number of rotatable bonds is 5. The maximum absolute atomic E-state index is 12.8. The third-order valence-corrected chi connectivity index (χ3v) is 5.44. The van der Waals surface area contributed by atoms with Crippen LogP contribution < -0.4 is 4.31 Å². The minimum absolute atomic E-state index is 0.0171. The fourth-order valence-corrected chi connectivity index (χ4v) is 3.82. The van der Waals surface area contributed by atoms with Crippen LogP contribution >= 0.6 is 34.8 Å². The van der Waals surface area contributed by atoms with Crippen LogP contribution in [0.25, 0.3) is 0 Å². The van der Waals surface area contributed by atoms with E-state index in [-0.39, 0.29) is 20.6 Å². The van der Waals surface area contributed by atoms with E-state index in [0.717, 1.165) is 0 Å². The van der Waals surface area contributed by atoms with E-state index in [1.807, 2.05) is 0 Å². The zero-order valence-corrected chi connectivity index (χ0v) is 14.5. The number of hydrogen-bond donors (Lipinski definition) is 1. The van der Waals surface area contributed by atoms with E-state index in [1.54, 1.807) is 0 Å². The summed E-state index contributed by atoms with van der Waals surface area (Å²) >= 11 is 17.6. The molecular weight excluding hydrogens is 385 g/mol. The summed E-state index contributed by atoms with van der Waals surface area (Å²) in [6, 6.07) is 9.52. The van der Waals surface area contributed by atoms with Crippen LogP contribution in [0.4, 0.5) is 5.69 Å². The van der Waals surface area contributed by atoms with Gasteiger partial charge in [0.2, 0.25) is 0 Å². The lowest BCUT2D eigenvalue weighted by Crippen LogP contribution is -2.36. The van der Waals surface area contributed by atoms with E-state index in [2.05, 4.69) is 0 Å². The molecule has 0 unspecified atom stereocenters. The van der Waals surface area contributed by atoms with Gasteiger partial charge < -0.3 is 5.11 Å². The smallest absolute Gasteiger partial charge is 0.324 e. The number of anilines is 1. The molecule has 122 valence electrons. The number of carboxylic acids is 1. The van der Waals surface area contributed by atoms with E-state index < -0.39 is 22.5 Å². The summed E-state index contributed by atoms with van der Waals surface area (Å²) in [6.45, 7) is -0.801. The number of halogens is 3. The Labute approximate surface area is 148 Å². The molecule has 5 nitrogen and oxygen atoms in total. The van der Waals surface area contributed by atoms with Crippen molar-refractivity contribution in [2.75, 3.05) is 10.8 Å². The molecule has 0 heterocycles. The largest absolute Gasteiger partial charge is 0.480 e. The highest BCUT2D eigenvalue weighted by molar-refractivity contribution is 7.92. The molecule has 0 aromatic heterocycles. The molecule has 0 saturated heterocycles. The second kappa shape index (κ2) is 6.97. The Balaban J connectivity index is 2.60. The second-order valence-electron chi connectivity index (χ2n) is 4.46. The molecule has 2 aromatic rings. The second-order valence-corrected chi connectivity index (χ2v) is 7.60. The maximum Gasteiger partial charge on any atom is 0.324 e. The molecular formula is C14H10Cl3NO4S. The van der Waals surface area contributed by atoms with Gasteiger partial charge in [-0.25, -0.2) is 8.42 Å². The summed E-state index contributed by atoms with van der Waals surface area (Å²) in [5.41, 5.74) is -0.0171. The van der Waals surface area contributed by atoms with Gasteiger partial charge in [0, 0.05) is 10.0 Å². The van der Waals surface area contributed by atoms with Crippen molar-refractivity contribution in [1.82, 2.24) is 0 Å². The standard InChI is InChI=1S/C14H10Cl3NO4S/c15-9-1-4-11(5-2-9)23(21,22)18(8-14(19)20)13-7-10(16)3-6-12(13)17/h1-7H,8H2,(H,19,20). The summed E-state index contributed by atoms with van der Waals surface area (Å²) in [4.78, 5) is 11.0. The molecule has 0 aliphatic heterocycles. The van der Waals surface area contributed by atoms with Crippen molar-refractivity contribution in [2.24, 2.45) is 0 Å². The van der Waals surface area contributed by atoms with Crippen LogP contribution in [-0.2, 0) is 14.8 Å². The predicted octanol–water partition coefficient (Wildman–Crippen LogP) is 3.93. The van der Waals surface area contributed by atoms with E-state index in [9.17, 15) is 13.2 Å². The summed E-state index contributed by atoms with van der Waals surface area (Å²) < 4.78 is 26.2. The molecule has 2 rings (SSSR count). The number of sulfonamides is 1. The van der Waals surface area contributed by atoms with Gasteiger partial charge >= 0.3 is 5.97 Å². The Morgan fingerprint density at radius 1 is 1.00 bits per heavy atom. The molecule has 0 bridgehead atoms. The summed E-state index contributed by atoms with van der Waals surface area (Å²) in [7, 11) is -4.15. The number of carboxylic acid groups (broad SMARTS) is 1. The summed E-state index contributed by atoms with van der Waals surface area (Å²) in [5, 5.41) is 9.70. The number of aliphatic carboxylic acids is 1. The van der Waals surface area contributed by atoms with Gasteiger partial charge in [0.25, 0.3) is 10.0 Å². The van der Waals surface area contributed by atoms with E-state index in [0.29, 0.717) is 9.33 Å². The van der Waals surface area contributed by atoms with Crippen LogP contribution in [-0.4, -0.2) is 26.0 Å². The van der Waals surface area contributed by atoms with Crippen molar-refractivity contribution < 1.29 is 18.3 Å². The van der Waals surface area contributed by atoms with Crippen LogP contribution in [0.15, 0.2) is 47.4 Å². The fraction of sp³-hybridized carbons (Fsp3) is 0.0714. The Kier molecular flexibility index (Phi) is 5.41. The first-order chi connectivity index (χ1) is 10.7. The van der Waals surface area contributed by atoms with Gasteiger partial charge in [-0.2, -0.15) is 0 Å². The third kappa shape index (κ3) is 4.09. The lowest BCUT2D eigenvalue weighted by Gasteiger charge is -2.24. The normalized spacial score (nSPS) is 11.3. The van der Waals surface area contributed by atoms with Gasteiger partial charge in [-0.3, -0.25) is 9.10 Å². The molecule has 0 aliphatic rings. The van der Waals surface area contributed by atoms with Crippen molar-refractivity contribution in [2.45, 2.75) is 4.90 Å². The summed E-state index contributed by atoms with van der Waals surface area (Å²) in [6.07, 6.45) is 0. The van der Waals surface area contributed by atoms with E-state index in [1.165, 1.54) is 42.5 Å². The van der Waals surface area contributed by atoms with Crippen LogP contribution in [0.1, 0.15) is 0 Å². The van der Waals surface area contributed by atoms with Crippen LogP contribution in [0.3, 0.4) is 0 Å². The molecule has 0 fully saturated rings. The van der Waals surface area contributed by atoms with Gasteiger partial charge in [-0.15, -0.1) is 0 Å². The monoisotopic (exact) mass is 393 g/mol. The fourth-order valence-electron chi connectivity index (χ4n) is 1.83. The average Bonchev–Trinajstić information content (AvgIpc) is 2.47. The van der Waals surface area contributed by atoms with Gasteiger partial charge in [-0.1, -0.05) is 34.8 Å². The zero-order valence-electron chi connectivity index (χ0n) is 11.4. The molecule has 1 N–H and O–H groups in total. The molecule has 23 heavy (non-hydrogen) atoms. The quantitative estimate of drug-likeness (QED) is 0.834. The topological polar surface area (TPSA) is 74.7 Å². The lowest BCUT2D eigenvalue weighted by atomic mass is 10.3. The van der Waals surface area contributed by atoms with Gasteiger partial charge in [-0.05, 0) is 42.5 Å². The Morgan fingerprint density at radius 2 is 1.57 bits per heavy atom. The Morgan fingerprint density at radius 3 is 2.13 bits per heavy atom. The minimum atomic E-state index is -4.15. The Bertz CT molecular complexity index is 838. The third-order valence-electron chi connectivity index (χ3n) is 2.86. The highest BCUT2D eigenvalue weighted by Crippen LogP contribution is 2.33. The SMILES string of the molecule is O=C(O)CN(c1cc(Cl)ccc1Cl)S(=O)(=O)c1ccc(Cl)cc1. The van der Waals surface area contributed by atoms with Crippen LogP contribution in [0.5, 0.6) is 0 Å². The minimum Gasteiger partial charge on any atom is -0.480 e. The number of benzene rings is 2. The number of nitrogens with zero attached hydrogens (tertiary/aromatic N) is 1. The van der Waals surface area contributed by atoms with Crippen molar-refractivity contribution in [1.29, 1.82) is 0 Å². The van der Waals surface area contributed by atoms with Crippen LogP contribution in [0, 0.1) is 0 Å². The highest BCUT2D eigenvalue weighted by Gasteiger charge is 2.28. The molecule has 0 radical (unpaired) electrons. The molecule has 2 aromatic carbocycles. The highest BCUT2D eigenvalue weighted by atomic mass is 35.5. The maximum atomic E-state index is 12.8. The first-order valence-corrected chi connectivity index (χ1v) is 8.74. The van der Waals surface area contributed by atoms with Gasteiger partial charge in [0.05, 0.1) is 15.6 Å². The molecule has 9 heteroatoms. The molecule has 0 aliphatic carbocycles. The molecule has 0 saturated carbocycles. The Hall–Kier alpha value is -1.47. The van der Waals surface area contributed by atoms with E-state index in [4.69, 9.17) is 39.9 Å². The first kappa shape index (κ1) is 17.9. The molecule has 0 atom stereocenters. The van der Waals surface area contributed by atoms with Crippen molar-refractivity contribution >= 4 is 56.5 Å². The van der Waals surface area contributed by atoms with Gasteiger partial charge in [0.15, 0.2) is 0 Å². The average molecular weight is 395 g/mol. The number of carbonyl (C=O) groups is 1. The zero-order chi connectivity index (χ0) is 17.2. The summed E-state index contributed by atoms with van der Waals surface area (Å²) in [5.74, 6) is -1.33. The molecule has 0 amide bonds. The van der Waals surface area contributed by atoms with Gasteiger partial charge in [0.1, 0.15) is 6.54 Å². The first-order valence-electron chi connectivity index (χ1n) is 6.17. The van der Waals surface area contributed by atoms with E-state index >= 15 is 0 Å². The van der Waals surface area contributed by atoms with Crippen molar-refractivity contribution in [3.8, 4) is 0 Å². The number of hydrogen-bond acceptors (Lipinski definition) is 3. The lowest BCUT2D eigenvalue weighted by molar-refractivity contribution is -0.135. The van der Waals surface area contributed by atoms with Crippen molar-refractivity contribution in [3.63, 3.8) is 0 Å². The van der Waals surface area contributed by atoms with Crippen LogP contribution in [0.2, 0.25) is 15.1 Å². The predicted molar refractivity (Wildman–Crippen MR) is 90.1 cm³/mol. The van der Waals surface area contributed by atoms with Crippen molar-refractivity contribution in [3.05, 3.63) is 57.5 Å². The molecule has 0 spiro atoms.